The first kappa shape index (κ1) is 16.2. The van der Waals surface area contributed by atoms with Crippen molar-refractivity contribution in [3.05, 3.63) is 45.4 Å². The molecule has 1 aromatic heterocycles. The molecule has 116 valence electrons. The molecule has 0 amide bonds. The summed E-state index contributed by atoms with van der Waals surface area (Å²) in [5.41, 5.74) is 2.66. The van der Waals surface area contributed by atoms with Crippen molar-refractivity contribution in [2.45, 2.75) is 20.8 Å². The van der Waals surface area contributed by atoms with E-state index in [0.29, 0.717) is 10.8 Å². The molecule has 0 aliphatic carbocycles. The van der Waals surface area contributed by atoms with Gasteiger partial charge >= 0.3 is 0 Å². The third-order valence-electron chi connectivity index (χ3n) is 3.57. The zero-order valence-electron chi connectivity index (χ0n) is 13.1. The molecule has 2 aromatic rings. The quantitative estimate of drug-likeness (QED) is 0.813. The topological polar surface area (TPSA) is 38.4 Å². The van der Waals surface area contributed by atoms with Gasteiger partial charge in [0.2, 0.25) is 5.91 Å². The molecule has 0 aliphatic rings. The Labute approximate surface area is 135 Å². The second-order valence-electron chi connectivity index (χ2n) is 4.94. The van der Waals surface area contributed by atoms with Gasteiger partial charge in [-0.25, -0.2) is 4.57 Å². The van der Waals surface area contributed by atoms with Gasteiger partial charge in [0, 0.05) is 25.7 Å². The highest BCUT2D eigenvalue weighted by Gasteiger charge is 2.05. The summed E-state index contributed by atoms with van der Waals surface area (Å²) in [4.78, 5) is 13.9. The smallest absolute Gasteiger partial charge is 0.276 e. The average Bonchev–Trinajstić information content (AvgIpc) is 2.76. The molecule has 0 aliphatic heterocycles. The van der Waals surface area contributed by atoms with Gasteiger partial charge in [-0.2, -0.15) is 0 Å². The lowest BCUT2D eigenvalue weighted by Gasteiger charge is -2.20. The molecule has 5 heteroatoms. The summed E-state index contributed by atoms with van der Waals surface area (Å²) in [6.45, 7) is 11.5. The second kappa shape index (κ2) is 6.75. The maximum Gasteiger partial charge on any atom is 0.276 e. The highest BCUT2D eigenvalue weighted by molar-refractivity contribution is 7.71. The van der Waals surface area contributed by atoms with Gasteiger partial charge in [0.05, 0.1) is 5.35 Å². The van der Waals surface area contributed by atoms with Crippen molar-refractivity contribution in [3.8, 4) is 0 Å². The highest BCUT2D eigenvalue weighted by Crippen LogP contribution is 2.15. The van der Waals surface area contributed by atoms with Crippen LogP contribution < -0.4 is 15.7 Å². The van der Waals surface area contributed by atoms with Crippen molar-refractivity contribution < 1.29 is 9.21 Å². The van der Waals surface area contributed by atoms with Crippen LogP contribution in [0.25, 0.3) is 12.7 Å². The highest BCUT2D eigenvalue weighted by atomic mass is 32.1. The Morgan fingerprint density at radius 2 is 1.91 bits per heavy atom. The van der Waals surface area contributed by atoms with Gasteiger partial charge < -0.3 is 9.32 Å². The number of carbonyl (C=O) groups is 1. The molecular formula is C17H20N2O2S. The molecule has 0 radical (unpaired) electrons. The predicted molar refractivity (Wildman–Crippen MR) is 92.2 cm³/mol. The minimum absolute atomic E-state index is 0.128. The minimum atomic E-state index is -0.199. The fourth-order valence-electron chi connectivity index (χ4n) is 2.37. The summed E-state index contributed by atoms with van der Waals surface area (Å²) in [5.74, 6) is -0.199. The van der Waals surface area contributed by atoms with Gasteiger partial charge in [-0.15, -0.1) is 0 Å². The van der Waals surface area contributed by atoms with E-state index in [1.54, 1.807) is 0 Å². The number of hydrogen-bond donors (Lipinski definition) is 0. The van der Waals surface area contributed by atoms with Crippen molar-refractivity contribution in [2.75, 3.05) is 18.0 Å². The molecule has 0 saturated heterocycles. The Morgan fingerprint density at radius 1 is 1.32 bits per heavy atom. The molecule has 22 heavy (non-hydrogen) atoms. The maximum absolute atomic E-state index is 11.5. The lowest BCUT2D eigenvalue weighted by atomic mass is 10.2. The molecule has 0 saturated carbocycles. The van der Waals surface area contributed by atoms with Gasteiger partial charge in [0.25, 0.3) is 4.84 Å². The van der Waals surface area contributed by atoms with Gasteiger partial charge in [-0.05, 0) is 49.8 Å². The van der Waals surface area contributed by atoms with Crippen LogP contribution in [0.5, 0.6) is 0 Å². The molecular weight excluding hydrogens is 296 g/mol. The summed E-state index contributed by atoms with van der Waals surface area (Å²) in [6, 6.07) is 8.16. The first-order valence-electron chi connectivity index (χ1n) is 7.26. The van der Waals surface area contributed by atoms with Crippen molar-refractivity contribution in [1.29, 1.82) is 0 Å². The van der Waals surface area contributed by atoms with E-state index in [1.165, 1.54) is 17.2 Å². The molecule has 0 N–H and O–H groups in total. The van der Waals surface area contributed by atoms with E-state index in [2.05, 4.69) is 37.5 Å². The van der Waals surface area contributed by atoms with Crippen LogP contribution in [0.15, 0.2) is 28.7 Å². The van der Waals surface area contributed by atoms with E-state index in [-0.39, 0.29) is 10.7 Å². The van der Waals surface area contributed by atoms with E-state index in [1.807, 2.05) is 18.2 Å². The van der Waals surface area contributed by atoms with Gasteiger partial charge in [0.1, 0.15) is 0 Å². The Morgan fingerprint density at radius 3 is 2.36 bits per heavy atom. The number of benzene rings is 1. The molecule has 0 atom stereocenters. The van der Waals surface area contributed by atoms with E-state index in [0.717, 1.165) is 18.7 Å². The van der Waals surface area contributed by atoms with Gasteiger partial charge in [0.15, 0.2) is 5.42 Å². The summed E-state index contributed by atoms with van der Waals surface area (Å²) in [6.07, 6.45) is 1.84. The van der Waals surface area contributed by atoms with Crippen molar-refractivity contribution in [1.82, 2.24) is 4.57 Å². The molecule has 0 unspecified atom stereocenters. The number of carbonyl (C=O) groups excluding carboxylic acids is 1. The fourth-order valence-corrected chi connectivity index (χ4v) is 2.70. The molecule has 2 rings (SSSR count). The zero-order chi connectivity index (χ0) is 16.3. The van der Waals surface area contributed by atoms with Crippen LogP contribution in [0, 0.1) is 4.84 Å². The van der Waals surface area contributed by atoms with Crippen LogP contribution >= 0.6 is 12.2 Å². The summed E-state index contributed by atoms with van der Waals surface area (Å²) >= 11 is 5.05. The van der Waals surface area contributed by atoms with E-state index in [9.17, 15) is 4.79 Å². The van der Waals surface area contributed by atoms with Crippen LogP contribution in [0.3, 0.4) is 0 Å². The van der Waals surface area contributed by atoms with Crippen LogP contribution in [0.1, 0.15) is 31.1 Å². The third-order valence-corrected chi connectivity index (χ3v) is 3.83. The molecule has 1 heterocycles. The number of nitrogens with zero attached hydrogens (tertiary/aromatic N) is 2. The monoisotopic (exact) mass is 316 g/mol. The Bertz CT molecular complexity index is 827. The Hall–Kier alpha value is -2.14. The molecule has 0 spiro atoms. The Kier molecular flexibility index (Phi) is 4.98. The average molecular weight is 316 g/mol. The van der Waals surface area contributed by atoms with Crippen molar-refractivity contribution >= 4 is 36.5 Å². The van der Waals surface area contributed by atoms with Crippen LogP contribution in [-0.2, 0) is 0 Å². The number of oxazole rings is 1. The van der Waals surface area contributed by atoms with E-state index in [4.69, 9.17) is 16.6 Å². The largest absolute Gasteiger partial charge is 0.429 e. The molecule has 1 aromatic carbocycles. The first-order chi connectivity index (χ1) is 10.5. The lowest BCUT2D eigenvalue weighted by Crippen LogP contribution is -2.30. The van der Waals surface area contributed by atoms with Gasteiger partial charge in [-0.1, -0.05) is 18.7 Å². The normalized spacial score (nSPS) is 11.7. The van der Waals surface area contributed by atoms with Crippen molar-refractivity contribution in [2.24, 2.45) is 0 Å². The third kappa shape index (κ3) is 3.20. The SMILES string of the molecule is C=c1/c(=C\c2ccc(N(CC)CC)cc2)oc(=S)n1C(C)=O. The number of aromatic nitrogens is 1. The second-order valence-corrected chi connectivity index (χ2v) is 5.29. The molecule has 4 nitrogen and oxygen atoms in total. The zero-order valence-corrected chi connectivity index (χ0v) is 13.9. The first-order valence-corrected chi connectivity index (χ1v) is 7.67. The fraction of sp³-hybridized carbons (Fsp3) is 0.294. The van der Waals surface area contributed by atoms with Crippen LogP contribution in [0.4, 0.5) is 5.69 Å². The summed E-state index contributed by atoms with van der Waals surface area (Å²) in [5, 5.41) is 0.477. The number of hydrogen-bond acceptors (Lipinski definition) is 4. The van der Waals surface area contributed by atoms with Crippen molar-refractivity contribution in [3.63, 3.8) is 0 Å². The van der Waals surface area contributed by atoms with Crippen LogP contribution in [-0.4, -0.2) is 23.6 Å². The van der Waals surface area contributed by atoms with Crippen LogP contribution in [0.2, 0.25) is 0 Å². The molecule has 0 bridgehead atoms. The van der Waals surface area contributed by atoms with E-state index < -0.39 is 0 Å². The summed E-state index contributed by atoms with van der Waals surface area (Å²) in [7, 11) is 0. The van der Waals surface area contributed by atoms with Gasteiger partial charge in [-0.3, -0.25) is 4.79 Å². The summed E-state index contributed by atoms with van der Waals surface area (Å²) < 4.78 is 6.76. The Balaban J connectivity index is 2.43. The van der Waals surface area contributed by atoms with E-state index >= 15 is 0 Å². The number of rotatable bonds is 4. The minimum Gasteiger partial charge on any atom is -0.429 e. The number of anilines is 1. The molecule has 0 fully saturated rings. The predicted octanol–water partition coefficient (Wildman–Crippen LogP) is 2.56. The maximum atomic E-state index is 11.5. The standard InChI is InChI=1S/C17H20N2O2S/c1-5-18(6-2)15-9-7-14(8-10-15)11-16-12(3)19(13(4)20)17(22)21-16/h7-11H,3,5-6H2,1-2,4H3/b16-11+. The lowest BCUT2D eigenvalue weighted by molar-refractivity contribution is 0.0928.